The van der Waals surface area contributed by atoms with Gasteiger partial charge in [0.2, 0.25) is 0 Å². The molecule has 5 rings (SSSR count). The maximum atomic E-state index is 4.34. The van der Waals surface area contributed by atoms with Crippen LogP contribution in [0.3, 0.4) is 0 Å². The molecule has 116 valence electrons. The molecule has 2 aromatic heterocycles. The minimum Gasteiger partial charge on any atom is -0.367 e. The maximum absolute atomic E-state index is 4.34. The first-order valence-electron chi connectivity index (χ1n) is 7.84. The molecule has 22 heavy (non-hydrogen) atoms. The summed E-state index contributed by atoms with van der Waals surface area (Å²) < 4.78 is 1.74. The van der Waals surface area contributed by atoms with Crippen LogP contribution >= 0.6 is 0 Å². The molecule has 3 aliphatic rings. The monoisotopic (exact) mass is 299 g/mol. The number of aryl methyl sites for hydroxylation is 1. The highest BCUT2D eigenvalue weighted by Crippen LogP contribution is 2.16. The van der Waals surface area contributed by atoms with Crippen LogP contribution in [0, 0.1) is 6.92 Å². The third-order valence-electron chi connectivity index (χ3n) is 4.52. The second kappa shape index (κ2) is 5.66. The fraction of sp³-hybridized carbons (Fsp3) is 0.533. The van der Waals surface area contributed by atoms with Crippen LogP contribution in [-0.2, 0) is 0 Å². The standard InChI is InChI=1S/C15H21N7/c1-12-4-5-22(19-12)15-3-2-14(17-18-15)16-10-13-11-20-6-8-21(13)9-7-20/h2-5,13H,6-11H2,1H3,(H,16,17). The number of nitrogens with one attached hydrogen (secondary N) is 1. The van der Waals surface area contributed by atoms with Gasteiger partial charge >= 0.3 is 0 Å². The second-order valence-electron chi connectivity index (χ2n) is 6.05. The molecule has 3 aliphatic heterocycles. The van der Waals surface area contributed by atoms with Crippen molar-refractivity contribution in [1.82, 2.24) is 29.8 Å². The highest BCUT2D eigenvalue weighted by molar-refractivity contribution is 5.36. The van der Waals surface area contributed by atoms with Gasteiger partial charge in [-0.05, 0) is 25.1 Å². The van der Waals surface area contributed by atoms with E-state index in [-0.39, 0.29) is 0 Å². The van der Waals surface area contributed by atoms with E-state index in [1.165, 1.54) is 26.2 Å². The van der Waals surface area contributed by atoms with Crippen LogP contribution in [-0.4, -0.2) is 75.1 Å². The van der Waals surface area contributed by atoms with Crippen molar-refractivity contribution in [2.45, 2.75) is 13.0 Å². The highest BCUT2D eigenvalue weighted by atomic mass is 15.4. The molecule has 0 spiro atoms. The van der Waals surface area contributed by atoms with E-state index in [1.54, 1.807) is 4.68 Å². The third kappa shape index (κ3) is 2.69. The van der Waals surface area contributed by atoms with Gasteiger partial charge in [0.25, 0.3) is 0 Å². The number of hydrogen-bond donors (Lipinski definition) is 1. The van der Waals surface area contributed by atoms with E-state index >= 15 is 0 Å². The summed E-state index contributed by atoms with van der Waals surface area (Å²) in [5.41, 5.74) is 0.973. The van der Waals surface area contributed by atoms with Gasteiger partial charge in [0.15, 0.2) is 5.82 Å². The topological polar surface area (TPSA) is 62.1 Å². The van der Waals surface area contributed by atoms with Gasteiger partial charge in [-0.1, -0.05) is 0 Å². The normalized spacial score (nSPS) is 27.0. The van der Waals surface area contributed by atoms with Gasteiger partial charge < -0.3 is 5.32 Å². The zero-order valence-corrected chi connectivity index (χ0v) is 12.8. The third-order valence-corrected chi connectivity index (χ3v) is 4.52. The average molecular weight is 299 g/mol. The fourth-order valence-electron chi connectivity index (χ4n) is 3.22. The SMILES string of the molecule is Cc1ccn(-c2ccc(NCC3CN4CCN3CC4)nn2)n1. The fourth-order valence-corrected chi connectivity index (χ4v) is 3.22. The molecule has 3 saturated heterocycles. The van der Waals surface area contributed by atoms with Crippen molar-refractivity contribution in [3.63, 3.8) is 0 Å². The summed E-state index contributed by atoms with van der Waals surface area (Å²) in [6.45, 7) is 8.85. The number of aromatic nitrogens is 4. The minimum atomic E-state index is 0.581. The summed E-state index contributed by atoms with van der Waals surface area (Å²) in [6, 6.07) is 6.45. The van der Waals surface area contributed by atoms with Crippen LogP contribution in [0.5, 0.6) is 0 Å². The van der Waals surface area contributed by atoms with E-state index in [0.717, 1.165) is 30.4 Å². The Morgan fingerprint density at radius 1 is 1.14 bits per heavy atom. The molecular weight excluding hydrogens is 278 g/mol. The predicted octanol–water partition coefficient (Wildman–Crippen LogP) is 0.382. The van der Waals surface area contributed by atoms with Crippen LogP contribution in [0.1, 0.15) is 5.69 Å². The Labute approximate surface area is 129 Å². The van der Waals surface area contributed by atoms with Gasteiger partial charge in [-0.2, -0.15) is 5.10 Å². The van der Waals surface area contributed by atoms with Crippen molar-refractivity contribution in [3.05, 3.63) is 30.1 Å². The Hall–Kier alpha value is -1.99. The van der Waals surface area contributed by atoms with Crippen molar-refractivity contribution in [3.8, 4) is 5.82 Å². The number of piperazine rings is 3. The Bertz CT molecular complexity index is 628. The maximum Gasteiger partial charge on any atom is 0.175 e. The van der Waals surface area contributed by atoms with Crippen molar-refractivity contribution in [2.75, 3.05) is 44.6 Å². The van der Waals surface area contributed by atoms with E-state index in [4.69, 9.17) is 0 Å². The molecule has 1 atom stereocenters. The van der Waals surface area contributed by atoms with Crippen LogP contribution < -0.4 is 5.32 Å². The van der Waals surface area contributed by atoms with Crippen molar-refractivity contribution >= 4 is 5.82 Å². The predicted molar refractivity (Wildman–Crippen MR) is 84.2 cm³/mol. The molecule has 0 aliphatic carbocycles. The molecule has 2 aromatic rings. The number of nitrogens with zero attached hydrogens (tertiary/aromatic N) is 6. The van der Waals surface area contributed by atoms with Crippen LogP contribution in [0.25, 0.3) is 5.82 Å². The smallest absolute Gasteiger partial charge is 0.175 e. The lowest BCUT2D eigenvalue weighted by Gasteiger charge is -2.47. The quantitative estimate of drug-likeness (QED) is 0.881. The van der Waals surface area contributed by atoms with Crippen molar-refractivity contribution in [2.24, 2.45) is 0 Å². The van der Waals surface area contributed by atoms with E-state index in [1.807, 2.05) is 31.3 Å². The zero-order chi connectivity index (χ0) is 14.9. The van der Waals surface area contributed by atoms with Gasteiger partial charge in [0.05, 0.1) is 5.69 Å². The van der Waals surface area contributed by atoms with Crippen molar-refractivity contribution < 1.29 is 0 Å². The lowest BCUT2D eigenvalue weighted by atomic mass is 10.1. The molecule has 2 bridgehead atoms. The largest absolute Gasteiger partial charge is 0.367 e. The van der Waals surface area contributed by atoms with Crippen LogP contribution in [0.15, 0.2) is 24.4 Å². The number of fused-ring (bicyclic) bond motifs is 3. The molecule has 7 heteroatoms. The first kappa shape index (κ1) is 13.7. The Balaban J connectivity index is 1.37. The molecule has 1 N–H and O–H groups in total. The van der Waals surface area contributed by atoms with Crippen LogP contribution in [0.2, 0.25) is 0 Å². The minimum absolute atomic E-state index is 0.581. The summed E-state index contributed by atoms with van der Waals surface area (Å²) in [7, 11) is 0. The molecule has 7 nitrogen and oxygen atoms in total. The van der Waals surface area contributed by atoms with Gasteiger partial charge in [-0.15, -0.1) is 10.2 Å². The number of hydrogen-bond acceptors (Lipinski definition) is 6. The second-order valence-corrected chi connectivity index (χ2v) is 6.05. The molecule has 0 amide bonds. The number of anilines is 1. The molecule has 3 fully saturated rings. The van der Waals surface area contributed by atoms with E-state index in [9.17, 15) is 0 Å². The molecule has 0 aromatic carbocycles. The number of rotatable bonds is 4. The van der Waals surface area contributed by atoms with Gasteiger partial charge in [-0.3, -0.25) is 9.80 Å². The van der Waals surface area contributed by atoms with Crippen LogP contribution in [0.4, 0.5) is 5.82 Å². The summed E-state index contributed by atoms with van der Waals surface area (Å²) in [4.78, 5) is 5.11. The molecule has 0 saturated carbocycles. The summed E-state index contributed by atoms with van der Waals surface area (Å²) in [5, 5.41) is 16.2. The Morgan fingerprint density at radius 3 is 2.59 bits per heavy atom. The first-order chi connectivity index (χ1) is 10.8. The van der Waals surface area contributed by atoms with Gasteiger partial charge in [-0.25, -0.2) is 4.68 Å². The molecule has 0 radical (unpaired) electrons. The lowest BCUT2D eigenvalue weighted by molar-refractivity contribution is 0.0189. The van der Waals surface area contributed by atoms with Gasteiger partial charge in [0, 0.05) is 51.5 Å². The summed E-state index contributed by atoms with van der Waals surface area (Å²) in [6.07, 6.45) is 1.90. The molecule has 1 unspecified atom stereocenters. The average Bonchev–Trinajstić information content (AvgIpc) is 3.01. The van der Waals surface area contributed by atoms with E-state index in [2.05, 4.69) is 30.4 Å². The zero-order valence-electron chi connectivity index (χ0n) is 12.8. The van der Waals surface area contributed by atoms with E-state index < -0.39 is 0 Å². The molecule has 5 heterocycles. The summed E-state index contributed by atoms with van der Waals surface area (Å²) >= 11 is 0. The lowest BCUT2D eigenvalue weighted by Crippen LogP contribution is -2.62. The highest BCUT2D eigenvalue weighted by Gasteiger charge is 2.31. The first-order valence-corrected chi connectivity index (χ1v) is 7.84. The summed E-state index contributed by atoms with van der Waals surface area (Å²) in [5.74, 6) is 1.57. The van der Waals surface area contributed by atoms with E-state index in [0.29, 0.717) is 6.04 Å². The Kier molecular flexibility index (Phi) is 3.51. The molecular formula is C15H21N7. The van der Waals surface area contributed by atoms with Gasteiger partial charge in [0.1, 0.15) is 5.82 Å². The van der Waals surface area contributed by atoms with Crippen molar-refractivity contribution in [1.29, 1.82) is 0 Å². The Morgan fingerprint density at radius 2 is 2.00 bits per heavy atom.